The summed E-state index contributed by atoms with van der Waals surface area (Å²) in [5.74, 6) is 1.40. The van der Waals surface area contributed by atoms with Crippen LogP contribution in [0.4, 0.5) is 0 Å². The Morgan fingerprint density at radius 1 is 1.26 bits per heavy atom. The zero-order chi connectivity index (χ0) is 13.9. The summed E-state index contributed by atoms with van der Waals surface area (Å²) in [6, 6.07) is 0.296. The van der Waals surface area contributed by atoms with Crippen molar-refractivity contribution in [3.8, 4) is 0 Å². The van der Waals surface area contributed by atoms with Gasteiger partial charge < -0.3 is 11.1 Å². The molecule has 2 unspecified atom stereocenters. The molecular formula is C16H30N2O. The third-order valence-corrected chi connectivity index (χ3v) is 5.08. The Morgan fingerprint density at radius 3 is 2.47 bits per heavy atom. The largest absolute Gasteiger partial charge is 0.355 e. The molecule has 0 aromatic rings. The van der Waals surface area contributed by atoms with E-state index in [0.29, 0.717) is 23.8 Å². The quantitative estimate of drug-likeness (QED) is 0.804. The summed E-state index contributed by atoms with van der Waals surface area (Å²) >= 11 is 0. The molecule has 110 valence electrons. The van der Waals surface area contributed by atoms with E-state index in [-0.39, 0.29) is 5.41 Å². The van der Waals surface area contributed by atoms with Crippen LogP contribution in [0.5, 0.6) is 0 Å². The fourth-order valence-electron chi connectivity index (χ4n) is 4.09. The minimum Gasteiger partial charge on any atom is -0.355 e. The number of carbonyl (C=O) groups excluding carboxylic acids is 1. The fourth-order valence-corrected chi connectivity index (χ4v) is 4.09. The smallest absolute Gasteiger partial charge is 0.226 e. The predicted molar refractivity (Wildman–Crippen MR) is 78.7 cm³/mol. The van der Waals surface area contributed by atoms with E-state index in [2.05, 4.69) is 19.2 Å². The van der Waals surface area contributed by atoms with Gasteiger partial charge in [-0.2, -0.15) is 0 Å². The fraction of sp³-hybridized carbons (Fsp3) is 0.938. The lowest BCUT2D eigenvalue weighted by molar-refractivity contribution is -0.132. The second kappa shape index (κ2) is 6.25. The molecule has 2 fully saturated rings. The number of nitrogens with one attached hydrogen (secondary N) is 1. The van der Waals surface area contributed by atoms with E-state index >= 15 is 0 Å². The summed E-state index contributed by atoms with van der Waals surface area (Å²) < 4.78 is 0. The number of hydrogen-bond donors (Lipinski definition) is 2. The van der Waals surface area contributed by atoms with Gasteiger partial charge in [-0.25, -0.2) is 0 Å². The molecular weight excluding hydrogens is 236 g/mol. The summed E-state index contributed by atoms with van der Waals surface area (Å²) in [4.78, 5) is 12.6. The average Bonchev–Trinajstić information content (AvgIpc) is 2.96. The highest BCUT2D eigenvalue weighted by Gasteiger charge is 2.41. The molecule has 19 heavy (non-hydrogen) atoms. The molecule has 3 N–H and O–H groups in total. The zero-order valence-corrected chi connectivity index (χ0v) is 12.6. The van der Waals surface area contributed by atoms with Gasteiger partial charge >= 0.3 is 0 Å². The average molecular weight is 266 g/mol. The van der Waals surface area contributed by atoms with Gasteiger partial charge in [0.15, 0.2) is 0 Å². The van der Waals surface area contributed by atoms with Gasteiger partial charge in [0, 0.05) is 18.0 Å². The van der Waals surface area contributed by atoms with Gasteiger partial charge in [0.05, 0.1) is 0 Å². The maximum atomic E-state index is 12.6. The van der Waals surface area contributed by atoms with Crippen LogP contribution >= 0.6 is 0 Å². The first-order valence-corrected chi connectivity index (χ1v) is 8.07. The van der Waals surface area contributed by atoms with Crippen LogP contribution in [0, 0.1) is 17.3 Å². The van der Waals surface area contributed by atoms with Crippen molar-refractivity contribution in [3.05, 3.63) is 0 Å². The topological polar surface area (TPSA) is 55.1 Å². The van der Waals surface area contributed by atoms with Crippen LogP contribution in [0.3, 0.4) is 0 Å². The van der Waals surface area contributed by atoms with Crippen molar-refractivity contribution in [3.63, 3.8) is 0 Å². The highest BCUT2D eigenvalue weighted by atomic mass is 16.2. The molecule has 0 heterocycles. The van der Waals surface area contributed by atoms with E-state index in [4.69, 9.17) is 5.73 Å². The van der Waals surface area contributed by atoms with E-state index in [9.17, 15) is 4.79 Å². The van der Waals surface area contributed by atoms with Crippen LogP contribution in [-0.2, 0) is 4.79 Å². The van der Waals surface area contributed by atoms with E-state index in [1.807, 2.05) is 0 Å². The third-order valence-electron chi connectivity index (χ3n) is 5.08. The lowest BCUT2D eigenvalue weighted by Gasteiger charge is -2.30. The number of carbonyl (C=O) groups is 1. The first kappa shape index (κ1) is 14.8. The molecule has 2 rings (SSSR count). The summed E-state index contributed by atoms with van der Waals surface area (Å²) in [6.45, 7) is 5.24. The van der Waals surface area contributed by atoms with Crippen LogP contribution in [0.15, 0.2) is 0 Å². The highest BCUT2D eigenvalue weighted by molar-refractivity contribution is 5.82. The SMILES string of the molecule is CC(C)CC1(C(=O)NCC2CCCC2N)CCCC1. The molecule has 0 spiro atoms. The molecule has 0 aromatic carbocycles. The molecule has 3 nitrogen and oxygen atoms in total. The Hall–Kier alpha value is -0.570. The third kappa shape index (κ3) is 3.50. The van der Waals surface area contributed by atoms with Gasteiger partial charge in [-0.3, -0.25) is 4.79 Å². The standard InChI is InChI=1S/C16H30N2O/c1-12(2)10-16(8-3-4-9-16)15(19)18-11-13-6-5-7-14(13)17/h12-14H,3-11,17H2,1-2H3,(H,18,19). The summed E-state index contributed by atoms with van der Waals surface area (Å²) in [6.07, 6.45) is 9.14. The molecule has 0 aromatic heterocycles. The first-order valence-electron chi connectivity index (χ1n) is 8.07. The lowest BCUT2D eigenvalue weighted by atomic mass is 9.77. The highest BCUT2D eigenvalue weighted by Crippen LogP contribution is 2.43. The molecule has 0 saturated heterocycles. The molecule has 1 amide bonds. The Labute approximate surface area is 117 Å². The van der Waals surface area contributed by atoms with Gasteiger partial charge in [0.2, 0.25) is 5.91 Å². The van der Waals surface area contributed by atoms with Crippen LogP contribution in [0.1, 0.15) is 65.2 Å². The van der Waals surface area contributed by atoms with E-state index in [0.717, 1.165) is 32.2 Å². The van der Waals surface area contributed by atoms with Crippen molar-refractivity contribution in [2.24, 2.45) is 23.0 Å². The van der Waals surface area contributed by atoms with Gasteiger partial charge in [0.1, 0.15) is 0 Å². The van der Waals surface area contributed by atoms with Crippen LogP contribution < -0.4 is 11.1 Å². The number of rotatable bonds is 5. The van der Waals surface area contributed by atoms with Crippen molar-refractivity contribution in [2.45, 2.75) is 71.3 Å². The maximum absolute atomic E-state index is 12.6. The second-order valence-corrected chi connectivity index (χ2v) is 7.15. The molecule has 0 bridgehead atoms. The van der Waals surface area contributed by atoms with Crippen LogP contribution in [-0.4, -0.2) is 18.5 Å². The molecule has 2 aliphatic carbocycles. The minimum absolute atomic E-state index is 0.0726. The van der Waals surface area contributed by atoms with Crippen molar-refractivity contribution < 1.29 is 4.79 Å². The molecule has 0 aliphatic heterocycles. The first-order chi connectivity index (χ1) is 9.03. The summed E-state index contributed by atoms with van der Waals surface area (Å²) in [5, 5.41) is 3.22. The van der Waals surface area contributed by atoms with Gasteiger partial charge in [-0.15, -0.1) is 0 Å². The Balaban J connectivity index is 1.89. The lowest BCUT2D eigenvalue weighted by Crippen LogP contribution is -2.44. The van der Waals surface area contributed by atoms with Gasteiger partial charge in [0.25, 0.3) is 0 Å². The molecule has 0 radical (unpaired) electrons. The Kier molecular flexibility index (Phi) is 4.88. The number of hydrogen-bond acceptors (Lipinski definition) is 2. The molecule has 2 atom stereocenters. The second-order valence-electron chi connectivity index (χ2n) is 7.15. The van der Waals surface area contributed by atoms with Crippen molar-refractivity contribution in [1.82, 2.24) is 5.32 Å². The maximum Gasteiger partial charge on any atom is 0.226 e. The van der Waals surface area contributed by atoms with E-state index in [1.165, 1.54) is 25.7 Å². The van der Waals surface area contributed by atoms with E-state index < -0.39 is 0 Å². The predicted octanol–water partition coefficient (Wildman–Crippen LogP) is 2.84. The van der Waals surface area contributed by atoms with Gasteiger partial charge in [-0.05, 0) is 43.9 Å². The molecule has 2 saturated carbocycles. The van der Waals surface area contributed by atoms with E-state index in [1.54, 1.807) is 0 Å². The number of nitrogens with two attached hydrogens (primary N) is 1. The monoisotopic (exact) mass is 266 g/mol. The Morgan fingerprint density at radius 2 is 1.95 bits per heavy atom. The summed E-state index contributed by atoms with van der Waals surface area (Å²) in [5.41, 5.74) is 6.01. The van der Waals surface area contributed by atoms with Crippen LogP contribution in [0.2, 0.25) is 0 Å². The molecule has 3 heteroatoms. The Bertz CT molecular complexity index is 308. The molecule has 2 aliphatic rings. The van der Waals surface area contributed by atoms with Gasteiger partial charge in [-0.1, -0.05) is 33.1 Å². The van der Waals surface area contributed by atoms with Crippen molar-refractivity contribution >= 4 is 5.91 Å². The van der Waals surface area contributed by atoms with Crippen LogP contribution in [0.25, 0.3) is 0 Å². The van der Waals surface area contributed by atoms with Crippen molar-refractivity contribution in [1.29, 1.82) is 0 Å². The minimum atomic E-state index is -0.0726. The summed E-state index contributed by atoms with van der Waals surface area (Å²) in [7, 11) is 0. The van der Waals surface area contributed by atoms with Crippen molar-refractivity contribution in [2.75, 3.05) is 6.54 Å². The normalized spacial score (nSPS) is 29.9. The number of amides is 1. The zero-order valence-electron chi connectivity index (χ0n) is 12.6.